The summed E-state index contributed by atoms with van der Waals surface area (Å²) in [6, 6.07) is 11.8. The number of hydrogen-bond donors (Lipinski definition) is 2. The van der Waals surface area contributed by atoms with Gasteiger partial charge in [0, 0.05) is 30.7 Å². The van der Waals surface area contributed by atoms with Crippen molar-refractivity contribution in [3.8, 4) is 5.75 Å². The minimum absolute atomic E-state index is 0.0514. The van der Waals surface area contributed by atoms with E-state index in [4.69, 9.17) is 4.74 Å². The summed E-state index contributed by atoms with van der Waals surface area (Å²) in [6.45, 7) is 1.41. The first kappa shape index (κ1) is 23.0. The molecule has 0 saturated carbocycles. The lowest BCUT2D eigenvalue weighted by molar-refractivity contribution is 0.101. The molecule has 3 aromatic rings. The van der Waals surface area contributed by atoms with Crippen LogP contribution in [0, 0.1) is 0 Å². The summed E-state index contributed by atoms with van der Waals surface area (Å²) in [5.74, 6) is -0.346. The van der Waals surface area contributed by atoms with Gasteiger partial charge in [0.05, 0.1) is 7.11 Å². The lowest BCUT2D eigenvalue weighted by Gasteiger charge is -2.15. The van der Waals surface area contributed by atoms with Gasteiger partial charge in [-0.3, -0.25) is 14.2 Å². The van der Waals surface area contributed by atoms with Gasteiger partial charge in [0.1, 0.15) is 16.3 Å². The van der Waals surface area contributed by atoms with Crippen molar-refractivity contribution in [3.05, 3.63) is 66.0 Å². The third-order valence-corrected chi connectivity index (χ3v) is 6.45. The molecule has 1 atom stereocenters. The van der Waals surface area contributed by atoms with Crippen LogP contribution in [0.5, 0.6) is 5.75 Å². The molecule has 0 aliphatic rings. The van der Waals surface area contributed by atoms with Crippen LogP contribution in [-0.4, -0.2) is 31.2 Å². The van der Waals surface area contributed by atoms with Crippen LogP contribution in [0.4, 0.5) is 15.8 Å². The highest BCUT2D eigenvalue weighted by atomic mass is 127. The van der Waals surface area contributed by atoms with Crippen LogP contribution in [0.3, 0.4) is 0 Å². The van der Waals surface area contributed by atoms with E-state index in [2.05, 4.69) is 15.1 Å². The Kier molecular flexibility index (Phi) is 6.55. The Morgan fingerprint density at radius 2 is 1.81 bits per heavy atom. The SMILES string of the molecule is COc1cc(NC(=O)c2ccnn2C)ccc1S(=O)(=O)Nc1ccc(C(C)(F)I)cc1. The van der Waals surface area contributed by atoms with Crippen LogP contribution >= 0.6 is 22.6 Å². The van der Waals surface area contributed by atoms with E-state index in [1.54, 1.807) is 35.7 Å². The first-order chi connectivity index (χ1) is 14.5. The van der Waals surface area contributed by atoms with Crippen molar-refractivity contribution in [2.24, 2.45) is 7.05 Å². The van der Waals surface area contributed by atoms with Crippen LogP contribution in [0.25, 0.3) is 0 Å². The van der Waals surface area contributed by atoms with Crippen molar-refractivity contribution < 1.29 is 22.3 Å². The molecule has 11 heteroatoms. The first-order valence-electron chi connectivity index (χ1n) is 9.00. The number of sulfonamides is 1. The van der Waals surface area contributed by atoms with Crippen molar-refractivity contribution in [1.29, 1.82) is 0 Å². The molecule has 0 aliphatic carbocycles. The zero-order chi connectivity index (χ0) is 22.8. The van der Waals surface area contributed by atoms with Gasteiger partial charge < -0.3 is 10.1 Å². The maximum Gasteiger partial charge on any atom is 0.273 e. The van der Waals surface area contributed by atoms with Gasteiger partial charge in [-0.25, -0.2) is 12.8 Å². The topological polar surface area (TPSA) is 102 Å². The normalized spacial score (nSPS) is 13.3. The summed E-state index contributed by atoms with van der Waals surface area (Å²) in [7, 11) is -1.03. The second-order valence-corrected chi connectivity index (χ2v) is 10.4. The molecule has 1 heterocycles. The van der Waals surface area contributed by atoms with Crippen LogP contribution in [0.15, 0.2) is 59.6 Å². The van der Waals surface area contributed by atoms with Crippen molar-refractivity contribution >= 4 is 49.9 Å². The van der Waals surface area contributed by atoms with Crippen molar-refractivity contribution in [1.82, 2.24) is 9.78 Å². The smallest absolute Gasteiger partial charge is 0.273 e. The average Bonchev–Trinajstić information content (AvgIpc) is 3.13. The zero-order valence-corrected chi connectivity index (χ0v) is 19.9. The highest BCUT2D eigenvalue weighted by Crippen LogP contribution is 2.34. The van der Waals surface area contributed by atoms with Crippen LogP contribution in [0.1, 0.15) is 23.0 Å². The number of amides is 1. The molecule has 3 rings (SSSR count). The highest BCUT2D eigenvalue weighted by molar-refractivity contribution is 14.1. The molecular formula is C20H20FIN4O4S. The van der Waals surface area contributed by atoms with Gasteiger partial charge in [-0.1, -0.05) is 12.1 Å². The van der Waals surface area contributed by atoms with Crippen molar-refractivity contribution in [2.45, 2.75) is 15.5 Å². The molecule has 2 aromatic carbocycles. The van der Waals surface area contributed by atoms with Gasteiger partial charge in [-0.05, 0) is 65.4 Å². The fourth-order valence-electron chi connectivity index (χ4n) is 2.80. The van der Waals surface area contributed by atoms with Crippen LogP contribution in [0.2, 0.25) is 0 Å². The predicted octanol–water partition coefficient (Wildman–Crippen LogP) is 4.06. The minimum atomic E-state index is -4.00. The lowest BCUT2D eigenvalue weighted by atomic mass is 10.1. The Hall–Kier alpha value is -2.67. The minimum Gasteiger partial charge on any atom is -0.495 e. The number of alkyl halides is 2. The number of anilines is 2. The molecule has 0 saturated heterocycles. The molecule has 1 unspecified atom stereocenters. The molecule has 0 bridgehead atoms. The Morgan fingerprint density at radius 3 is 2.35 bits per heavy atom. The molecule has 0 fully saturated rings. The van der Waals surface area contributed by atoms with E-state index in [1.165, 1.54) is 67.4 Å². The second kappa shape index (κ2) is 8.83. The third kappa shape index (κ3) is 5.34. The monoisotopic (exact) mass is 558 g/mol. The van der Waals surface area contributed by atoms with Gasteiger partial charge in [-0.15, -0.1) is 0 Å². The van der Waals surface area contributed by atoms with E-state index >= 15 is 0 Å². The quantitative estimate of drug-likeness (QED) is 0.337. The summed E-state index contributed by atoms with van der Waals surface area (Å²) in [5.41, 5.74) is 1.40. The number of aryl methyl sites for hydroxylation is 1. The third-order valence-electron chi connectivity index (χ3n) is 4.41. The van der Waals surface area contributed by atoms with Crippen LogP contribution in [-0.2, 0) is 20.7 Å². The molecular weight excluding hydrogens is 538 g/mol. The first-order valence-corrected chi connectivity index (χ1v) is 11.6. The number of benzene rings is 2. The van der Waals surface area contributed by atoms with Gasteiger partial charge in [-0.2, -0.15) is 5.10 Å². The summed E-state index contributed by atoms with van der Waals surface area (Å²) >= 11 is 1.66. The van der Waals surface area contributed by atoms with Crippen LogP contribution < -0.4 is 14.8 Å². The average molecular weight is 558 g/mol. The summed E-state index contributed by atoms with van der Waals surface area (Å²) in [4.78, 5) is 12.2. The van der Waals surface area contributed by atoms with E-state index in [0.29, 0.717) is 16.9 Å². The van der Waals surface area contributed by atoms with E-state index in [0.717, 1.165) is 0 Å². The second-order valence-electron chi connectivity index (χ2n) is 6.73. The largest absolute Gasteiger partial charge is 0.495 e. The number of carbonyl (C=O) groups is 1. The van der Waals surface area contributed by atoms with Crippen molar-refractivity contribution in [2.75, 3.05) is 17.1 Å². The molecule has 31 heavy (non-hydrogen) atoms. The Balaban J connectivity index is 1.82. The number of aromatic nitrogens is 2. The molecule has 164 valence electrons. The van der Waals surface area contributed by atoms with Gasteiger partial charge in [0.25, 0.3) is 15.9 Å². The molecule has 1 amide bonds. The summed E-state index contributed by atoms with van der Waals surface area (Å²) in [6.07, 6.45) is 1.50. The Labute approximate surface area is 193 Å². The number of halogens is 2. The zero-order valence-electron chi connectivity index (χ0n) is 16.9. The van der Waals surface area contributed by atoms with E-state index in [9.17, 15) is 17.6 Å². The molecule has 1 aromatic heterocycles. The fraction of sp³-hybridized carbons (Fsp3) is 0.200. The highest BCUT2D eigenvalue weighted by Gasteiger charge is 2.23. The molecule has 8 nitrogen and oxygen atoms in total. The fourth-order valence-corrected chi connectivity index (χ4v) is 4.37. The lowest BCUT2D eigenvalue weighted by Crippen LogP contribution is -2.17. The predicted molar refractivity (Wildman–Crippen MR) is 124 cm³/mol. The van der Waals surface area contributed by atoms with E-state index < -0.39 is 19.6 Å². The number of hydrogen-bond acceptors (Lipinski definition) is 5. The number of ether oxygens (including phenoxy) is 1. The van der Waals surface area contributed by atoms with E-state index in [-0.39, 0.29) is 16.3 Å². The maximum absolute atomic E-state index is 14.0. The summed E-state index contributed by atoms with van der Waals surface area (Å²) in [5, 5.41) is 6.62. The van der Waals surface area contributed by atoms with Gasteiger partial charge in [0.2, 0.25) is 0 Å². The van der Waals surface area contributed by atoms with Gasteiger partial charge >= 0.3 is 0 Å². The number of methoxy groups -OCH3 is 1. The van der Waals surface area contributed by atoms with E-state index in [1.807, 2.05) is 0 Å². The Morgan fingerprint density at radius 1 is 1.16 bits per heavy atom. The number of nitrogens with one attached hydrogen (secondary N) is 2. The van der Waals surface area contributed by atoms with Crippen molar-refractivity contribution in [3.63, 3.8) is 0 Å². The van der Waals surface area contributed by atoms with Gasteiger partial charge in [0.15, 0.2) is 3.68 Å². The molecule has 2 N–H and O–H groups in total. The molecule has 0 aliphatic heterocycles. The summed E-state index contributed by atoms with van der Waals surface area (Å²) < 4.78 is 47.3. The molecule has 0 radical (unpaired) electrons. The number of carbonyl (C=O) groups excluding carboxylic acids is 1. The standard InChI is InChI=1S/C20H20FIN4O4S/c1-20(21,22)13-4-6-14(7-5-13)25-31(28,29)18-9-8-15(12-17(18)30-3)24-19(27)16-10-11-23-26(16)2/h4-12,25H,1-3H3,(H,24,27). The molecule has 0 spiro atoms. The Bertz CT molecular complexity index is 1200. The number of nitrogens with zero attached hydrogens (tertiary/aromatic N) is 2. The number of rotatable bonds is 7. The maximum atomic E-state index is 14.0.